The lowest BCUT2D eigenvalue weighted by Crippen LogP contribution is -2.60. The maximum atomic E-state index is 13.4. The molecule has 2 heterocycles. The van der Waals surface area contributed by atoms with Crippen LogP contribution in [-0.2, 0) is 24.3 Å². The Labute approximate surface area is 200 Å². The molecule has 0 aliphatic carbocycles. The van der Waals surface area contributed by atoms with Crippen molar-refractivity contribution < 1.29 is 13.9 Å². The fourth-order valence-corrected chi connectivity index (χ4v) is 5.17. The molecule has 5 rings (SSSR count). The molecule has 2 aliphatic rings. The highest BCUT2D eigenvalue weighted by Gasteiger charge is 2.41. The molecule has 1 amide bonds. The molecule has 0 aromatic heterocycles. The number of amides is 1. The summed E-state index contributed by atoms with van der Waals surface area (Å²) in [5.74, 6) is 0.546. The van der Waals surface area contributed by atoms with Crippen molar-refractivity contribution >= 4 is 11.6 Å². The zero-order chi connectivity index (χ0) is 23.5. The molecule has 3 aromatic rings. The molecule has 2 aliphatic heterocycles. The van der Waals surface area contributed by atoms with E-state index in [1.807, 2.05) is 48.5 Å². The maximum Gasteiger partial charge on any atom is 0.225 e. The second-order valence-electron chi connectivity index (χ2n) is 9.13. The smallest absolute Gasteiger partial charge is 0.225 e. The molecule has 1 N–H and O–H groups in total. The van der Waals surface area contributed by atoms with E-state index < -0.39 is 0 Å². The number of piperazine rings is 1. The van der Waals surface area contributed by atoms with Crippen molar-refractivity contribution in [2.45, 2.75) is 25.6 Å². The zero-order valence-corrected chi connectivity index (χ0v) is 19.4. The Morgan fingerprint density at radius 3 is 2.59 bits per heavy atom. The number of halogens is 1. The van der Waals surface area contributed by atoms with Crippen LogP contribution in [0.3, 0.4) is 0 Å². The first kappa shape index (κ1) is 22.4. The molecule has 2 atom stereocenters. The monoisotopic (exact) mass is 459 g/mol. The topological polar surface area (TPSA) is 44.8 Å². The zero-order valence-electron chi connectivity index (χ0n) is 19.4. The van der Waals surface area contributed by atoms with E-state index in [-0.39, 0.29) is 23.7 Å². The van der Waals surface area contributed by atoms with Crippen LogP contribution in [0.1, 0.15) is 16.7 Å². The van der Waals surface area contributed by atoms with Gasteiger partial charge in [-0.25, -0.2) is 4.39 Å². The molecule has 0 radical (unpaired) electrons. The third-order valence-electron chi connectivity index (χ3n) is 6.97. The lowest BCUT2D eigenvalue weighted by molar-refractivity contribution is -0.126. The van der Waals surface area contributed by atoms with Crippen molar-refractivity contribution in [2.75, 3.05) is 31.6 Å². The van der Waals surface area contributed by atoms with Crippen molar-refractivity contribution in [3.63, 3.8) is 0 Å². The fraction of sp³-hybridized carbons (Fsp3) is 0.321. The van der Waals surface area contributed by atoms with Crippen LogP contribution in [0, 0.1) is 11.7 Å². The van der Waals surface area contributed by atoms with E-state index in [0.717, 1.165) is 48.7 Å². The molecular weight excluding hydrogens is 429 g/mol. The number of methoxy groups -OCH3 is 1. The number of carbonyl (C=O) groups excluding carboxylic acids is 1. The minimum atomic E-state index is -0.221. The van der Waals surface area contributed by atoms with Gasteiger partial charge in [0.15, 0.2) is 0 Å². The second-order valence-corrected chi connectivity index (χ2v) is 9.13. The summed E-state index contributed by atoms with van der Waals surface area (Å²) in [4.78, 5) is 18.2. The third-order valence-corrected chi connectivity index (χ3v) is 6.97. The average molecular weight is 460 g/mol. The van der Waals surface area contributed by atoms with Gasteiger partial charge >= 0.3 is 0 Å². The van der Waals surface area contributed by atoms with Gasteiger partial charge in [0, 0.05) is 44.5 Å². The van der Waals surface area contributed by atoms with Crippen LogP contribution < -0.4 is 15.0 Å². The lowest BCUT2D eigenvalue weighted by Gasteiger charge is -2.49. The van der Waals surface area contributed by atoms with Crippen LogP contribution >= 0.6 is 0 Å². The first-order valence-electron chi connectivity index (χ1n) is 11.8. The van der Waals surface area contributed by atoms with E-state index in [2.05, 4.69) is 27.2 Å². The van der Waals surface area contributed by atoms with Gasteiger partial charge in [-0.3, -0.25) is 9.69 Å². The fourth-order valence-electron chi connectivity index (χ4n) is 5.17. The molecular formula is C28H30FN3O2. The first-order chi connectivity index (χ1) is 16.6. The van der Waals surface area contributed by atoms with Crippen molar-refractivity contribution in [3.05, 3.63) is 95.3 Å². The molecule has 5 nitrogen and oxygen atoms in total. The van der Waals surface area contributed by atoms with Gasteiger partial charge in [0.2, 0.25) is 5.91 Å². The lowest BCUT2D eigenvalue weighted by atomic mass is 9.83. The highest BCUT2D eigenvalue weighted by molar-refractivity contribution is 5.82. The number of ether oxygens (including phenoxy) is 1. The minimum Gasteiger partial charge on any atom is -0.497 e. The molecule has 176 valence electrons. The predicted molar refractivity (Wildman–Crippen MR) is 131 cm³/mol. The van der Waals surface area contributed by atoms with Crippen LogP contribution in [0.25, 0.3) is 0 Å². The third kappa shape index (κ3) is 4.77. The second kappa shape index (κ2) is 9.85. The standard InChI is InChI=1S/C28H30FN3O2/c1-34-24-12-9-22-15-25(28(33)30-17-20-5-3-2-4-6-20)27-19-31(13-14-32(27)26(22)16-24)18-21-7-10-23(29)11-8-21/h2-12,16,25,27H,13-15,17-19H2,1H3,(H,30,33). The Hall–Kier alpha value is -3.38. The summed E-state index contributed by atoms with van der Waals surface area (Å²) in [6, 6.07) is 22.9. The van der Waals surface area contributed by atoms with Gasteiger partial charge in [-0.15, -0.1) is 0 Å². The Morgan fingerprint density at radius 1 is 1.03 bits per heavy atom. The summed E-state index contributed by atoms with van der Waals surface area (Å²) < 4.78 is 18.8. The predicted octanol–water partition coefficient (Wildman–Crippen LogP) is 4.01. The van der Waals surface area contributed by atoms with Gasteiger partial charge in [-0.1, -0.05) is 48.5 Å². The molecule has 0 saturated carbocycles. The Bertz CT molecular complexity index is 1140. The van der Waals surface area contributed by atoms with E-state index in [9.17, 15) is 9.18 Å². The minimum absolute atomic E-state index is 0.0598. The number of benzene rings is 3. The molecule has 3 aromatic carbocycles. The first-order valence-corrected chi connectivity index (χ1v) is 11.8. The molecule has 1 fully saturated rings. The summed E-state index contributed by atoms with van der Waals surface area (Å²) >= 11 is 0. The number of hydrogen-bond acceptors (Lipinski definition) is 4. The van der Waals surface area contributed by atoms with E-state index in [1.165, 1.54) is 17.7 Å². The molecule has 34 heavy (non-hydrogen) atoms. The Balaban J connectivity index is 1.37. The largest absolute Gasteiger partial charge is 0.497 e. The van der Waals surface area contributed by atoms with Gasteiger partial charge in [-0.2, -0.15) is 0 Å². The summed E-state index contributed by atoms with van der Waals surface area (Å²) in [5, 5.41) is 3.18. The van der Waals surface area contributed by atoms with Crippen molar-refractivity contribution in [1.29, 1.82) is 0 Å². The van der Waals surface area contributed by atoms with Crippen molar-refractivity contribution in [3.8, 4) is 5.75 Å². The van der Waals surface area contributed by atoms with Gasteiger partial charge < -0.3 is 15.0 Å². The van der Waals surface area contributed by atoms with Gasteiger partial charge in [-0.05, 0) is 41.3 Å². The number of fused-ring (bicyclic) bond motifs is 3. The van der Waals surface area contributed by atoms with E-state index in [4.69, 9.17) is 4.74 Å². The van der Waals surface area contributed by atoms with Gasteiger partial charge in [0.05, 0.1) is 19.1 Å². The highest BCUT2D eigenvalue weighted by atomic mass is 19.1. The van der Waals surface area contributed by atoms with E-state index in [0.29, 0.717) is 13.0 Å². The van der Waals surface area contributed by atoms with Crippen LogP contribution in [0.2, 0.25) is 0 Å². The quantitative estimate of drug-likeness (QED) is 0.605. The Kier molecular flexibility index (Phi) is 6.50. The van der Waals surface area contributed by atoms with Crippen LogP contribution in [0.5, 0.6) is 5.75 Å². The van der Waals surface area contributed by atoms with Crippen LogP contribution in [-0.4, -0.2) is 43.6 Å². The van der Waals surface area contributed by atoms with E-state index in [1.54, 1.807) is 7.11 Å². The van der Waals surface area contributed by atoms with Crippen molar-refractivity contribution in [1.82, 2.24) is 10.2 Å². The Morgan fingerprint density at radius 2 is 1.82 bits per heavy atom. The molecule has 6 heteroatoms. The van der Waals surface area contributed by atoms with Crippen LogP contribution in [0.4, 0.5) is 10.1 Å². The molecule has 1 saturated heterocycles. The molecule has 0 spiro atoms. The average Bonchev–Trinajstić information content (AvgIpc) is 2.88. The van der Waals surface area contributed by atoms with Gasteiger partial charge in [0.1, 0.15) is 11.6 Å². The van der Waals surface area contributed by atoms with Crippen LogP contribution in [0.15, 0.2) is 72.8 Å². The maximum absolute atomic E-state index is 13.4. The SMILES string of the molecule is COc1ccc2c(c1)N1CCN(Cc3ccc(F)cc3)CC1C(C(=O)NCc1ccccc1)C2. The number of carbonyl (C=O) groups is 1. The molecule has 2 unspecified atom stereocenters. The number of anilines is 1. The number of hydrogen-bond donors (Lipinski definition) is 1. The number of rotatable bonds is 6. The highest BCUT2D eigenvalue weighted by Crippen LogP contribution is 2.38. The number of nitrogens with zero attached hydrogens (tertiary/aromatic N) is 2. The summed E-state index contributed by atoms with van der Waals surface area (Å²) in [6.07, 6.45) is 0.700. The molecule has 0 bridgehead atoms. The summed E-state index contributed by atoms with van der Waals surface area (Å²) in [5.41, 5.74) is 4.52. The number of nitrogens with one attached hydrogen (secondary N) is 1. The van der Waals surface area contributed by atoms with E-state index >= 15 is 0 Å². The van der Waals surface area contributed by atoms with Crippen molar-refractivity contribution in [2.24, 2.45) is 5.92 Å². The van der Waals surface area contributed by atoms with Gasteiger partial charge in [0.25, 0.3) is 0 Å². The normalized spacial score (nSPS) is 19.8. The summed E-state index contributed by atoms with van der Waals surface area (Å²) in [6.45, 7) is 3.75. The summed E-state index contributed by atoms with van der Waals surface area (Å²) in [7, 11) is 1.68.